The summed E-state index contributed by atoms with van der Waals surface area (Å²) >= 11 is 0. The summed E-state index contributed by atoms with van der Waals surface area (Å²) in [6.07, 6.45) is 0.472. The number of alkyl halides is 2. The number of esters is 1. The van der Waals surface area contributed by atoms with Gasteiger partial charge in [0.2, 0.25) is 0 Å². The summed E-state index contributed by atoms with van der Waals surface area (Å²) in [5, 5.41) is 0. The van der Waals surface area contributed by atoms with E-state index in [1.165, 1.54) is 17.0 Å². The second-order valence-corrected chi connectivity index (χ2v) is 8.62. The summed E-state index contributed by atoms with van der Waals surface area (Å²) < 4.78 is 39.2. The first-order valence-corrected chi connectivity index (χ1v) is 10.4. The predicted octanol–water partition coefficient (Wildman–Crippen LogP) is 3.44. The molecule has 8 nitrogen and oxygen atoms in total. The van der Waals surface area contributed by atoms with E-state index in [0.717, 1.165) is 0 Å². The molecule has 0 N–H and O–H groups in total. The zero-order chi connectivity index (χ0) is 23.9. The van der Waals surface area contributed by atoms with E-state index in [4.69, 9.17) is 9.47 Å². The van der Waals surface area contributed by atoms with E-state index in [9.17, 15) is 23.2 Å². The molecule has 2 amide bonds. The van der Waals surface area contributed by atoms with Crippen LogP contribution in [0.1, 0.15) is 39.2 Å². The highest BCUT2D eigenvalue weighted by atomic mass is 19.3. The van der Waals surface area contributed by atoms with Gasteiger partial charge >= 0.3 is 18.7 Å². The molecule has 1 aromatic carbocycles. The van der Waals surface area contributed by atoms with Gasteiger partial charge in [-0.3, -0.25) is 9.59 Å². The standard InChI is InChI=1S/C22H30F2N2O6/c1-22(2,3)32-21(29)26-11-9-16(10-12-26)19(28)30-14-18(27)25(4)13-15-5-7-17(8-6-15)31-20(23)24/h5-8,16,20H,9-14H2,1-4H3. The van der Waals surface area contributed by atoms with Gasteiger partial charge in [0, 0.05) is 26.7 Å². The van der Waals surface area contributed by atoms with Crippen LogP contribution in [-0.2, 0) is 25.6 Å². The third kappa shape index (κ3) is 8.32. The molecule has 0 atom stereocenters. The maximum Gasteiger partial charge on any atom is 0.410 e. The molecule has 1 heterocycles. The van der Waals surface area contributed by atoms with Crippen molar-refractivity contribution in [2.75, 3.05) is 26.7 Å². The molecular formula is C22H30F2N2O6. The van der Waals surface area contributed by atoms with Crippen molar-refractivity contribution in [1.29, 1.82) is 0 Å². The van der Waals surface area contributed by atoms with E-state index < -0.39 is 36.8 Å². The number of rotatable bonds is 7. The molecule has 0 aromatic heterocycles. The smallest absolute Gasteiger partial charge is 0.410 e. The molecule has 32 heavy (non-hydrogen) atoms. The number of halogens is 2. The topological polar surface area (TPSA) is 85.4 Å². The number of ether oxygens (including phenoxy) is 3. The largest absolute Gasteiger partial charge is 0.455 e. The van der Waals surface area contributed by atoms with E-state index in [-0.39, 0.29) is 18.2 Å². The first-order valence-electron chi connectivity index (χ1n) is 10.4. The number of hydrogen-bond donors (Lipinski definition) is 0. The van der Waals surface area contributed by atoms with Crippen LogP contribution in [0.3, 0.4) is 0 Å². The van der Waals surface area contributed by atoms with Gasteiger partial charge in [0.05, 0.1) is 5.92 Å². The second-order valence-electron chi connectivity index (χ2n) is 8.62. The number of nitrogens with zero attached hydrogens (tertiary/aromatic N) is 2. The van der Waals surface area contributed by atoms with Crippen molar-refractivity contribution in [2.24, 2.45) is 5.92 Å². The Morgan fingerprint density at radius 3 is 2.25 bits per heavy atom. The Balaban J connectivity index is 1.73. The minimum atomic E-state index is -2.90. The molecule has 1 aliphatic rings. The molecule has 0 unspecified atom stereocenters. The number of carbonyl (C=O) groups is 3. The van der Waals surface area contributed by atoms with Crippen LogP contribution in [0, 0.1) is 5.92 Å². The molecule has 0 spiro atoms. The lowest BCUT2D eigenvalue weighted by Crippen LogP contribution is -2.43. The fourth-order valence-corrected chi connectivity index (χ4v) is 3.12. The van der Waals surface area contributed by atoms with Gasteiger partial charge in [-0.15, -0.1) is 0 Å². The molecular weight excluding hydrogens is 426 g/mol. The number of likely N-dealkylation sites (N-methyl/N-ethyl adjacent to an activating group) is 1. The van der Waals surface area contributed by atoms with E-state index >= 15 is 0 Å². The van der Waals surface area contributed by atoms with Crippen molar-refractivity contribution >= 4 is 18.0 Å². The van der Waals surface area contributed by atoms with Crippen molar-refractivity contribution < 1.29 is 37.4 Å². The highest BCUT2D eigenvalue weighted by molar-refractivity contribution is 5.81. The molecule has 178 valence electrons. The van der Waals surface area contributed by atoms with Crippen LogP contribution in [0.4, 0.5) is 13.6 Å². The quantitative estimate of drug-likeness (QED) is 0.585. The fraction of sp³-hybridized carbons (Fsp3) is 0.591. The third-order valence-electron chi connectivity index (χ3n) is 4.81. The molecule has 1 aromatic rings. The normalized spacial score (nSPS) is 14.8. The zero-order valence-electron chi connectivity index (χ0n) is 18.8. The van der Waals surface area contributed by atoms with Crippen molar-refractivity contribution in [1.82, 2.24) is 9.80 Å². The van der Waals surface area contributed by atoms with E-state index in [2.05, 4.69) is 4.74 Å². The number of hydrogen-bond acceptors (Lipinski definition) is 6. The summed E-state index contributed by atoms with van der Waals surface area (Å²) in [6, 6.07) is 5.94. The number of piperidine rings is 1. The highest BCUT2D eigenvalue weighted by Gasteiger charge is 2.31. The molecule has 10 heteroatoms. The zero-order valence-corrected chi connectivity index (χ0v) is 18.8. The van der Waals surface area contributed by atoms with Crippen LogP contribution in [0.2, 0.25) is 0 Å². The number of likely N-dealkylation sites (tertiary alicyclic amines) is 1. The fourth-order valence-electron chi connectivity index (χ4n) is 3.12. The summed E-state index contributed by atoms with van der Waals surface area (Å²) in [7, 11) is 1.55. The molecule has 0 aliphatic carbocycles. The number of amides is 2. The van der Waals surface area contributed by atoms with Gasteiger partial charge in [0.1, 0.15) is 11.4 Å². The van der Waals surface area contributed by atoms with Gasteiger partial charge < -0.3 is 24.0 Å². The Morgan fingerprint density at radius 2 is 1.72 bits per heavy atom. The highest BCUT2D eigenvalue weighted by Crippen LogP contribution is 2.21. The van der Waals surface area contributed by atoms with Gasteiger partial charge in [-0.1, -0.05) is 12.1 Å². The van der Waals surface area contributed by atoms with E-state index in [1.54, 1.807) is 44.9 Å². The average Bonchev–Trinajstić information content (AvgIpc) is 2.71. The predicted molar refractivity (Wildman–Crippen MR) is 111 cm³/mol. The Bertz CT molecular complexity index is 787. The number of benzene rings is 1. The molecule has 0 bridgehead atoms. The summed E-state index contributed by atoms with van der Waals surface area (Å²) in [5.41, 5.74) is 0.129. The Labute approximate surface area is 186 Å². The van der Waals surface area contributed by atoms with Gasteiger partial charge in [0.25, 0.3) is 5.91 Å². The van der Waals surface area contributed by atoms with E-state index in [1.807, 2.05) is 0 Å². The van der Waals surface area contributed by atoms with Crippen molar-refractivity contribution in [3.63, 3.8) is 0 Å². The monoisotopic (exact) mass is 456 g/mol. The van der Waals surface area contributed by atoms with Crippen LogP contribution in [-0.4, -0.2) is 66.7 Å². The van der Waals surface area contributed by atoms with Gasteiger partial charge in [0.15, 0.2) is 6.61 Å². The third-order valence-corrected chi connectivity index (χ3v) is 4.81. The molecule has 1 fully saturated rings. The van der Waals surface area contributed by atoms with Crippen LogP contribution in [0.5, 0.6) is 5.75 Å². The molecule has 1 aliphatic heterocycles. The summed E-state index contributed by atoms with van der Waals surface area (Å²) in [5.74, 6) is -1.21. The maximum atomic E-state index is 12.3. The van der Waals surface area contributed by atoms with Crippen LogP contribution in [0.15, 0.2) is 24.3 Å². The lowest BCUT2D eigenvalue weighted by Gasteiger charge is -2.32. The number of carbonyl (C=O) groups excluding carboxylic acids is 3. The van der Waals surface area contributed by atoms with Gasteiger partial charge in [-0.25, -0.2) is 4.79 Å². The van der Waals surface area contributed by atoms with Gasteiger partial charge in [-0.05, 0) is 51.3 Å². The van der Waals surface area contributed by atoms with Crippen LogP contribution in [0.25, 0.3) is 0 Å². The lowest BCUT2D eigenvalue weighted by atomic mass is 9.97. The molecule has 2 rings (SSSR count). The van der Waals surface area contributed by atoms with E-state index in [0.29, 0.717) is 31.5 Å². The molecule has 0 radical (unpaired) electrons. The van der Waals surface area contributed by atoms with Crippen LogP contribution >= 0.6 is 0 Å². The Kier molecular flexibility index (Phi) is 8.80. The van der Waals surface area contributed by atoms with Crippen molar-refractivity contribution in [3.8, 4) is 5.75 Å². The Morgan fingerprint density at radius 1 is 1.12 bits per heavy atom. The molecule has 0 saturated carbocycles. The molecule has 1 saturated heterocycles. The SMILES string of the molecule is CN(Cc1ccc(OC(F)F)cc1)C(=O)COC(=O)C1CCN(C(=O)OC(C)(C)C)CC1. The van der Waals surface area contributed by atoms with Crippen molar-refractivity contribution in [3.05, 3.63) is 29.8 Å². The van der Waals surface area contributed by atoms with Crippen LogP contribution < -0.4 is 4.74 Å². The summed E-state index contributed by atoms with van der Waals surface area (Å²) in [4.78, 5) is 39.6. The Hall–Kier alpha value is -2.91. The first kappa shape index (κ1) is 25.4. The minimum absolute atomic E-state index is 0.0318. The average molecular weight is 456 g/mol. The second kappa shape index (κ2) is 11.1. The van der Waals surface area contributed by atoms with Gasteiger partial charge in [-0.2, -0.15) is 8.78 Å². The minimum Gasteiger partial charge on any atom is -0.455 e. The lowest BCUT2D eigenvalue weighted by molar-refractivity contribution is -0.156. The van der Waals surface area contributed by atoms with Crippen molar-refractivity contribution in [2.45, 2.75) is 52.4 Å². The summed E-state index contributed by atoms with van der Waals surface area (Å²) in [6.45, 7) is 3.07. The first-order chi connectivity index (χ1) is 14.9. The maximum absolute atomic E-state index is 12.3.